The van der Waals surface area contributed by atoms with Crippen LogP contribution in [0.1, 0.15) is 99.8 Å². The van der Waals surface area contributed by atoms with Crippen LogP contribution in [0.2, 0.25) is 0 Å². The molecular formula is C30H46O4. The van der Waals surface area contributed by atoms with E-state index < -0.39 is 11.6 Å². The zero-order valence-corrected chi connectivity index (χ0v) is 22.4. The van der Waals surface area contributed by atoms with E-state index in [9.17, 15) is 14.7 Å². The van der Waals surface area contributed by atoms with Crippen molar-refractivity contribution >= 4 is 11.8 Å². The smallest absolute Gasteiger partial charge is 0.331 e. The van der Waals surface area contributed by atoms with E-state index in [1.165, 1.54) is 0 Å². The molecule has 4 saturated carbocycles. The van der Waals surface area contributed by atoms with Crippen molar-refractivity contribution in [3.63, 3.8) is 0 Å². The molecule has 0 saturated heterocycles. The number of rotatable bonds is 4. The molecule has 4 aliphatic rings. The van der Waals surface area contributed by atoms with Crippen molar-refractivity contribution in [3.05, 3.63) is 23.8 Å². The van der Waals surface area contributed by atoms with Gasteiger partial charge in [-0.1, -0.05) is 59.8 Å². The van der Waals surface area contributed by atoms with Crippen LogP contribution in [-0.4, -0.2) is 27.6 Å². The van der Waals surface area contributed by atoms with Crippen molar-refractivity contribution in [2.45, 2.75) is 105 Å². The van der Waals surface area contributed by atoms with Crippen LogP contribution in [0.15, 0.2) is 23.8 Å². The minimum Gasteiger partial charge on any atom is -0.478 e. The van der Waals surface area contributed by atoms with Gasteiger partial charge < -0.3 is 10.2 Å². The van der Waals surface area contributed by atoms with Gasteiger partial charge in [-0.15, -0.1) is 0 Å². The van der Waals surface area contributed by atoms with Crippen LogP contribution in [0.4, 0.5) is 0 Å². The third-order valence-electron chi connectivity index (χ3n) is 12.2. The van der Waals surface area contributed by atoms with Crippen molar-refractivity contribution in [1.82, 2.24) is 0 Å². The topological polar surface area (TPSA) is 74.6 Å². The first-order valence-corrected chi connectivity index (χ1v) is 13.5. The lowest BCUT2D eigenvalue weighted by Crippen LogP contribution is -2.70. The molecule has 0 aromatic carbocycles. The lowest BCUT2D eigenvalue weighted by atomic mass is 9.36. The minimum atomic E-state index is -0.874. The van der Waals surface area contributed by atoms with Crippen molar-refractivity contribution in [2.75, 3.05) is 0 Å². The molecule has 190 valence electrons. The summed E-state index contributed by atoms with van der Waals surface area (Å²) in [6.45, 7) is 15.4. The van der Waals surface area contributed by atoms with E-state index in [-0.39, 0.29) is 33.5 Å². The van der Waals surface area contributed by atoms with E-state index in [4.69, 9.17) is 5.11 Å². The standard InChI is InChI=1S/C30H46O4/c1-19(9-8-10-20(2)25(32)33)21-13-15-28(6)23-12-11-22-26(3,4)24(31)14-16-29(22,7)30(23,34)18-17-27(21,28)5/h8-10,19,21-23,34H,11-18H2,1-7H3,(H,32,33)/b9-8+,20-10+/t19-,21?,22+,23+,27-,28+,29+,30-/m1/s1. The fourth-order valence-electron chi connectivity index (χ4n) is 9.73. The van der Waals surface area contributed by atoms with Crippen molar-refractivity contribution in [1.29, 1.82) is 0 Å². The molecule has 4 rings (SSSR count). The van der Waals surface area contributed by atoms with Gasteiger partial charge in [0, 0.05) is 22.8 Å². The molecule has 0 aromatic heterocycles. The van der Waals surface area contributed by atoms with Crippen LogP contribution in [0.25, 0.3) is 0 Å². The molecule has 4 fully saturated rings. The van der Waals surface area contributed by atoms with Crippen LogP contribution in [0.5, 0.6) is 0 Å². The Kier molecular flexibility index (Phi) is 6.07. The maximum atomic E-state index is 12.8. The molecule has 1 unspecified atom stereocenters. The summed E-state index contributed by atoms with van der Waals surface area (Å²) >= 11 is 0. The van der Waals surface area contributed by atoms with E-state index in [0.29, 0.717) is 29.6 Å². The van der Waals surface area contributed by atoms with Gasteiger partial charge in [0.25, 0.3) is 0 Å². The molecule has 4 aliphatic carbocycles. The number of hydrogen-bond acceptors (Lipinski definition) is 3. The first-order chi connectivity index (χ1) is 15.6. The highest BCUT2D eigenvalue weighted by atomic mass is 16.4. The summed E-state index contributed by atoms with van der Waals surface area (Å²) in [5.41, 5.74) is -0.707. The third kappa shape index (κ3) is 3.26. The van der Waals surface area contributed by atoms with Gasteiger partial charge in [-0.2, -0.15) is 0 Å². The second-order valence-electron chi connectivity index (χ2n) is 13.5. The second-order valence-corrected chi connectivity index (χ2v) is 13.5. The Morgan fingerprint density at radius 1 is 0.941 bits per heavy atom. The molecule has 2 N–H and O–H groups in total. The Labute approximate surface area is 206 Å². The summed E-state index contributed by atoms with van der Waals surface area (Å²) in [6.07, 6.45) is 13.4. The van der Waals surface area contributed by atoms with Gasteiger partial charge >= 0.3 is 5.97 Å². The second kappa shape index (κ2) is 8.05. The van der Waals surface area contributed by atoms with Gasteiger partial charge in [0.2, 0.25) is 0 Å². The fourth-order valence-corrected chi connectivity index (χ4v) is 9.73. The van der Waals surface area contributed by atoms with E-state index in [2.05, 4.69) is 47.6 Å². The Hall–Kier alpha value is -1.42. The number of hydrogen-bond donors (Lipinski definition) is 2. The molecule has 34 heavy (non-hydrogen) atoms. The van der Waals surface area contributed by atoms with E-state index in [1.54, 1.807) is 13.0 Å². The first kappa shape index (κ1) is 25.7. The Balaban J connectivity index is 1.64. The molecular weight excluding hydrogens is 424 g/mol. The molecule has 0 bridgehead atoms. The summed E-state index contributed by atoms with van der Waals surface area (Å²) in [5, 5.41) is 21.7. The summed E-state index contributed by atoms with van der Waals surface area (Å²) in [6, 6.07) is 0. The zero-order valence-electron chi connectivity index (χ0n) is 22.4. The van der Waals surface area contributed by atoms with Crippen LogP contribution in [0, 0.1) is 45.3 Å². The number of aliphatic hydroxyl groups is 1. The van der Waals surface area contributed by atoms with Gasteiger partial charge in [0.1, 0.15) is 5.78 Å². The molecule has 0 radical (unpaired) electrons. The largest absolute Gasteiger partial charge is 0.478 e. The molecule has 0 aromatic rings. The number of fused-ring (bicyclic) bond motifs is 5. The maximum Gasteiger partial charge on any atom is 0.331 e. The van der Waals surface area contributed by atoms with E-state index in [1.807, 2.05) is 6.08 Å². The molecule has 0 amide bonds. The SMILES string of the molecule is C/C(=C\C=C\[C@@H](C)C1CC[C@@]2(C)[C@@H]3CC[C@H]4C(C)(C)C(=O)CC[C@]4(C)[C@@]3(O)CC[C@]12C)C(=O)O. The highest BCUT2D eigenvalue weighted by Gasteiger charge is 2.72. The predicted molar refractivity (Wildman–Crippen MR) is 135 cm³/mol. The zero-order chi connectivity index (χ0) is 25.3. The highest BCUT2D eigenvalue weighted by molar-refractivity contribution is 5.86. The Morgan fingerprint density at radius 3 is 2.24 bits per heavy atom. The number of aliphatic carboxylic acids is 1. The molecule has 4 nitrogen and oxygen atoms in total. The summed E-state index contributed by atoms with van der Waals surface area (Å²) in [5.74, 6) is 0.887. The molecule has 8 atom stereocenters. The number of Topliss-reactive ketones (excluding diaryl/α,β-unsaturated/α-hetero) is 1. The molecule has 4 heteroatoms. The Bertz CT molecular complexity index is 930. The number of carbonyl (C=O) groups excluding carboxylic acids is 1. The number of ketones is 1. The van der Waals surface area contributed by atoms with E-state index in [0.717, 1.165) is 44.9 Å². The lowest BCUT2D eigenvalue weighted by Gasteiger charge is -2.70. The van der Waals surface area contributed by atoms with Gasteiger partial charge in [-0.3, -0.25) is 4.79 Å². The van der Waals surface area contributed by atoms with Gasteiger partial charge in [0.05, 0.1) is 5.60 Å². The average molecular weight is 471 g/mol. The van der Waals surface area contributed by atoms with Gasteiger partial charge in [-0.05, 0) is 86.4 Å². The quantitative estimate of drug-likeness (QED) is 0.359. The minimum absolute atomic E-state index is 0.0686. The average Bonchev–Trinajstić information content (AvgIpc) is 3.03. The fraction of sp³-hybridized carbons (Fsp3) is 0.800. The van der Waals surface area contributed by atoms with E-state index >= 15 is 0 Å². The lowest BCUT2D eigenvalue weighted by molar-refractivity contribution is -0.269. The highest BCUT2D eigenvalue weighted by Crippen LogP contribution is 2.75. The molecule has 0 heterocycles. The summed E-state index contributed by atoms with van der Waals surface area (Å²) in [7, 11) is 0. The predicted octanol–water partition coefficient (Wildman–Crippen LogP) is 6.58. The van der Waals surface area contributed by atoms with Crippen LogP contribution >= 0.6 is 0 Å². The summed E-state index contributed by atoms with van der Waals surface area (Å²) in [4.78, 5) is 23.9. The first-order valence-electron chi connectivity index (χ1n) is 13.5. The Morgan fingerprint density at radius 2 is 1.59 bits per heavy atom. The van der Waals surface area contributed by atoms with Crippen molar-refractivity contribution in [2.24, 2.45) is 45.3 Å². The van der Waals surface area contributed by atoms with Gasteiger partial charge in [-0.25, -0.2) is 4.79 Å². The van der Waals surface area contributed by atoms with Crippen LogP contribution < -0.4 is 0 Å². The van der Waals surface area contributed by atoms with Crippen LogP contribution in [-0.2, 0) is 9.59 Å². The number of carboxylic acids is 1. The number of carbonyl (C=O) groups is 2. The number of carboxylic acid groups (broad SMARTS) is 1. The van der Waals surface area contributed by atoms with Crippen LogP contribution in [0.3, 0.4) is 0 Å². The molecule has 0 aliphatic heterocycles. The normalized spacial score (nSPS) is 47.1. The van der Waals surface area contributed by atoms with Gasteiger partial charge in [0.15, 0.2) is 0 Å². The third-order valence-corrected chi connectivity index (χ3v) is 12.2. The molecule has 0 spiro atoms. The van der Waals surface area contributed by atoms with Crippen molar-refractivity contribution in [3.8, 4) is 0 Å². The summed E-state index contributed by atoms with van der Waals surface area (Å²) < 4.78 is 0. The van der Waals surface area contributed by atoms with Crippen molar-refractivity contribution < 1.29 is 19.8 Å². The maximum absolute atomic E-state index is 12.8. The number of allylic oxidation sites excluding steroid dienone is 3. The monoisotopic (exact) mass is 470 g/mol.